The van der Waals surface area contributed by atoms with Crippen LogP contribution in [0, 0.1) is 6.92 Å². The number of halogens is 2. The first-order chi connectivity index (χ1) is 15.8. The highest BCUT2D eigenvalue weighted by atomic mass is 35.5. The summed E-state index contributed by atoms with van der Waals surface area (Å²) >= 11 is 12.1. The molecule has 2 unspecified atom stereocenters. The molecule has 0 radical (unpaired) electrons. The van der Waals surface area contributed by atoms with E-state index in [1.165, 1.54) is 23.1 Å². The number of hydrogen-bond acceptors (Lipinski definition) is 4. The van der Waals surface area contributed by atoms with E-state index < -0.39 is 28.5 Å². The van der Waals surface area contributed by atoms with Gasteiger partial charge in [-0.25, -0.2) is 8.42 Å². The van der Waals surface area contributed by atoms with Gasteiger partial charge in [-0.3, -0.25) is 13.9 Å². The van der Waals surface area contributed by atoms with Crippen molar-refractivity contribution in [2.45, 2.75) is 52.7 Å². The highest BCUT2D eigenvalue weighted by molar-refractivity contribution is 7.92. The molecule has 0 aliphatic heterocycles. The van der Waals surface area contributed by atoms with Crippen molar-refractivity contribution in [3.8, 4) is 0 Å². The van der Waals surface area contributed by atoms with E-state index in [-0.39, 0.29) is 34.2 Å². The van der Waals surface area contributed by atoms with Gasteiger partial charge in [0.2, 0.25) is 21.8 Å². The minimum Gasteiger partial charge on any atom is -0.352 e. The zero-order chi connectivity index (χ0) is 25.6. The van der Waals surface area contributed by atoms with Crippen LogP contribution < -0.4 is 9.62 Å². The Morgan fingerprint density at radius 1 is 1.06 bits per heavy atom. The first-order valence-electron chi connectivity index (χ1n) is 10.9. The highest BCUT2D eigenvalue weighted by Crippen LogP contribution is 2.28. The quantitative estimate of drug-likeness (QED) is 0.495. The summed E-state index contributed by atoms with van der Waals surface area (Å²) in [5.74, 6) is -0.830. The Balaban J connectivity index is 2.42. The second-order valence-electron chi connectivity index (χ2n) is 8.31. The van der Waals surface area contributed by atoms with E-state index in [0.717, 1.165) is 28.1 Å². The summed E-state index contributed by atoms with van der Waals surface area (Å²) < 4.78 is 26.1. The molecule has 0 aliphatic carbocycles. The van der Waals surface area contributed by atoms with Gasteiger partial charge in [-0.2, -0.15) is 0 Å². The fourth-order valence-electron chi connectivity index (χ4n) is 3.27. The van der Waals surface area contributed by atoms with Crippen LogP contribution in [0.2, 0.25) is 10.0 Å². The molecule has 0 heterocycles. The Bertz CT molecular complexity index is 1140. The van der Waals surface area contributed by atoms with Crippen LogP contribution in [0.25, 0.3) is 0 Å². The van der Waals surface area contributed by atoms with Crippen LogP contribution >= 0.6 is 23.2 Å². The SMILES string of the molecule is CCC(C)NC(=O)C(C)N(Cc1ccccc1C)C(=O)CN(c1ccc(Cl)c(Cl)c1)S(C)(=O)=O. The molecule has 0 saturated carbocycles. The first-order valence-corrected chi connectivity index (χ1v) is 13.5. The maximum Gasteiger partial charge on any atom is 0.244 e. The summed E-state index contributed by atoms with van der Waals surface area (Å²) in [6.45, 7) is 7.04. The lowest BCUT2D eigenvalue weighted by molar-refractivity contribution is -0.139. The van der Waals surface area contributed by atoms with Gasteiger partial charge in [0, 0.05) is 12.6 Å². The summed E-state index contributed by atoms with van der Waals surface area (Å²) in [6, 6.07) is 11.0. The van der Waals surface area contributed by atoms with Crippen molar-refractivity contribution >= 4 is 50.7 Å². The van der Waals surface area contributed by atoms with Crippen LogP contribution in [0.3, 0.4) is 0 Å². The van der Waals surface area contributed by atoms with E-state index in [4.69, 9.17) is 23.2 Å². The number of anilines is 1. The smallest absolute Gasteiger partial charge is 0.244 e. The number of carbonyl (C=O) groups excluding carboxylic acids is 2. The van der Waals surface area contributed by atoms with Crippen molar-refractivity contribution in [1.82, 2.24) is 10.2 Å². The molecule has 0 fully saturated rings. The van der Waals surface area contributed by atoms with Gasteiger partial charge in [-0.05, 0) is 56.5 Å². The molecule has 2 rings (SSSR count). The topological polar surface area (TPSA) is 86.8 Å². The van der Waals surface area contributed by atoms with Crippen LogP contribution in [-0.4, -0.2) is 50.0 Å². The normalized spacial score (nSPS) is 13.1. The molecular weight excluding hydrogens is 497 g/mol. The highest BCUT2D eigenvalue weighted by Gasteiger charge is 2.30. The molecule has 0 bridgehead atoms. The van der Waals surface area contributed by atoms with Gasteiger partial charge in [-0.15, -0.1) is 0 Å². The van der Waals surface area contributed by atoms with Gasteiger partial charge in [0.1, 0.15) is 12.6 Å². The maximum atomic E-state index is 13.5. The number of hydrogen-bond donors (Lipinski definition) is 1. The van der Waals surface area contributed by atoms with Crippen molar-refractivity contribution in [2.75, 3.05) is 17.1 Å². The van der Waals surface area contributed by atoms with Crippen molar-refractivity contribution in [1.29, 1.82) is 0 Å². The number of nitrogens with one attached hydrogen (secondary N) is 1. The van der Waals surface area contributed by atoms with E-state index >= 15 is 0 Å². The monoisotopic (exact) mass is 527 g/mol. The molecule has 10 heteroatoms. The lowest BCUT2D eigenvalue weighted by Gasteiger charge is -2.32. The average molecular weight is 529 g/mol. The van der Waals surface area contributed by atoms with Crippen LogP contribution in [0.5, 0.6) is 0 Å². The number of rotatable bonds is 10. The number of nitrogens with zero attached hydrogens (tertiary/aromatic N) is 2. The number of benzene rings is 2. The lowest BCUT2D eigenvalue weighted by atomic mass is 10.1. The van der Waals surface area contributed by atoms with Gasteiger partial charge in [0.05, 0.1) is 22.0 Å². The van der Waals surface area contributed by atoms with Crippen LogP contribution in [0.1, 0.15) is 38.3 Å². The summed E-state index contributed by atoms with van der Waals surface area (Å²) in [7, 11) is -3.84. The molecule has 0 saturated heterocycles. The van der Waals surface area contributed by atoms with Gasteiger partial charge in [0.25, 0.3) is 0 Å². The first kappa shape index (κ1) is 28.0. The lowest BCUT2D eigenvalue weighted by Crippen LogP contribution is -2.52. The van der Waals surface area contributed by atoms with Gasteiger partial charge in [0.15, 0.2) is 0 Å². The maximum absolute atomic E-state index is 13.5. The standard InChI is InChI=1S/C24H31Cl2N3O4S/c1-6-17(3)27-24(31)18(4)28(14-19-10-8-7-9-16(19)2)23(30)15-29(34(5,32)33)20-11-12-21(25)22(26)13-20/h7-13,17-18H,6,14-15H2,1-5H3,(H,27,31). The van der Waals surface area contributed by atoms with E-state index in [2.05, 4.69) is 5.32 Å². The number of amides is 2. The Hall–Kier alpha value is -2.29. The summed E-state index contributed by atoms with van der Waals surface area (Å²) in [5, 5.41) is 3.33. The third-order valence-corrected chi connectivity index (χ3v) is 7.52. The zero-order valence-corrected chi connectivity index (χ0v) is 22.3. The fraction of sp³-hybridized carbons (Fsp3) is 0.417. The minimum atomic E-state index is -3.84. The van der Waals surface area contributed by atoms with Crippen molar-refractivity contribution in [2.24, 2.45) is 0 Å². The summed E-state index contributed by atoms with van der Waals surface area (Å²) in [6.07, 6.45) is 1.75. The van der Waals surface area contributed by atoms with Crippen LogP contribution in [-0.2, 0) is 26.2 Å². The van der Waals surface area contributed by atoms with E-state index in [1.807, 2.05) is 45.0 Å². The summed E-state index contributed by atoms with van der Waals surface area (Å²) in [5.41, 5.74) is 2.02. The molecule has 0 aliphatic rings. The number of sulfonamides is 1. The van der Waals surface area contributed by atoms with Crippen LogP contribution in [0.15, 0.2) is 42.5 Å². The largest absolute Gasteiger partial charge is 0.352 e. The molecule has 186 valence electrons. The van der Waals surface area contributed by atoms with E-state index in [9.17, 15) is 18.0 Å². The van der Waals surface area contributed by atoms with Gasteiger partial charge in [-0.1, -0.05) is 54.4 Å². The van der Waals surface area contributed by atoms with Crippen molar-refractivity contribution in [3.05, 3.63) is 63.6 Å². The third-order valence-electron chi connectivity index (χ3n) is 5.64. The predicted octanol–water partition coefficient (Wildman–Crippen LogP) is 4.40. The Labute approximate surface area is 212 Å². The number of carbonyl (C=O) groups is 2. The molecule has 7 nitrogen and oxygen atoms in total. The molecule has 0 aromatic heterocycles. The Kier molecular flexibility index (Phi) is 9.79. The van der Waals surface area contributed by atoms with Crippen molar-refractivity contribution < 1.29 is 18.0 Å². The van der Waals surface area contributed by atoms with E-state index in [1.54, 1.807) is 6.92 Å². The fourth-order valence-corrected chi connectivity index (χ4v) is 4.41. The van der Waals surface area contributed by atoms with E-state index in [0.29, 0.717) is 0 Å². The molecule has 2 aromatic rings. The average Bonchev–Trinajstić information content (AvgIpc) is 2.77. The molecular formula is C24H31Cl2N3O4S. The molecule has 1 N–H and O–H groups in total. The summed E-state index contributed by atoms with van der Waals surface area (Å²) in [4.78, 5) is 27.8. The molecule has 34 heavy (non-hydrogen) atoms. The van der Waals surface area contributed by atoms with Gasteiger partial charge < -0.3 is 10.2 Å². The Morgan fingerprint density at radius 3 is 2.26 bits per heavy atom. The molecule has 0 spiro atoms. The Morgan fingerprint density at radius 2 is 1.71 bits per heavy atom. The molecule has 2 aromatic carbocycles. The minimum absolute atomic E-state index is 0.0610. The number of aryl methyl sites for hydroxylation is 1. The van der Waals surface area contributed by atoms with Gasteiger partial charge >= 0.3 is 0 Å². The third kappa shape index (κ3) is 7.35. The second-order valence-corrected chi connectivity index (χ2v) is 11.0. The molecule has 2 atom stereocenters. The predicted molar refractivity (Wildman–Crippen MR) is 138 cm³/mol. The van der Waals surface area contributed by atoms with Crippen LogP contribution in [0.4, 0.5) is 5.69 Å². The molecule has 2 amide bonds. The van der Waals surface area contributed by atoms with Crippen molar-refractivity contribution in [3.63, 3.8) is 0 Å². The second kappa shape index (κ2) is 11.9. The zero-order valence-electron chi connectivity index (χ0n) is 20.0.